The first kappa shape index (κ1) is 28.6. The second kappa shape index (κ2) is 11.6. The summed E-state index contributed by atoms with van der Waals surface area (Å²) >= 11 is 0. The Morgan fingerprint density at radius 1 is 0.353 bits per heavy atom. The van der Waals surface area contributed by atoms with Crippen LogP contribution < -0.4 is 0 Å². The van der Waals surface area contributed by atoms with Crippen molar-refractivity contribution in [2.24, 2.45) is 0 Å². The molecule has 6 heterocycles. The minimum Gasteiger partial charge on any atom is -0.293 e. The van der Waals surface area contributed by atoms with Crippen LogP contribution >= 0.6 is 0 Å². The van der Waals surface area contributed by atoms with E-state index in [1.165, 1.54) is 0 Å². The van der Waals surface area contributed by atoms with Crippen molar-refractivity contribution < 1.29 is 0 Å². The number of imidazole rings is 2. The van der Waals surface area contributed by atoms with E-state index in [9.17, 15) is 0 Å². The lowest BCUT2D eigenvalue weighted by Crippen LogP contribution is -2.02. The number of nitrogens with zero attached hydrogens (tertiary/aromatic N) is 11. The molecule has 0 unspecified atom stereocenters. The first-order valence-electron chi connectivity index (χ1n) is 16.3. The van der Waals surface area contributed by atoms with Gasteiger partial charge >= 0.3 is 0 Å². The standard InChI is InChI=1S/C40H25N11/c1-4-10-29(11-5-1)49-33(25-32-38(49)44-19-16-41-32)26-22-27(36-47-34-39(45-20-17-42-34)50(36)30-12-6-2-7-13-30)24-28(23-26)37-48-35-40(46-21-18-43-35)51(37)31-14-8-3-9-15-31/h1-25H. The molecule has 0 saturated heterocycles. The number of para-hydroxylation sites is 3. The molecule has 4 aromatic carbocycles. The smallest absolute Gasteiger partial charge is 0.198 e. The normalized spacial score (nSPS) is 11.5. The molecule has 0 spiro atoms. The zero-order valence-corrected chi connectivity index (χ0v) is 26.9. The minimum absolute atomic E-state index is 0.542. The van der Waals surface area contributed by atoms with Crippen molar-refractivity contribution in [3.8, 4) is 51.1 Å². The lowest BCUT2D eigenvalue weighted by molar-refractivity contribution is 1.07. The van der Waals surface area contributed by atoms with Crippen molar-refractivity contribution >= 4 is 33.8 Å². The highest BCUT2D eigenvalue weighted by atomic mass is 15.2. The van der Waals surface area contributed by atoms with E-state index in [0.717, 1.165) is 50.6 Å². The topological polar surface area (TPSA) is 118 Å². The van der Waals surface area contributed by atoms with Crippen LogP contribution in [0.5, 0.6) is 0 Å². The fourth-order valence-corrected chi connectivity index (χ4v) is 6.66. The van der Waals surface area contributed by atoms with Crippen molar-refractivity contribution in [2.75, 3.05) is 0 Å². The fourth-order valence-electron chi connectivity index (χ4n) is 6.66. The summed E-state index contributed by atoms with van der Waals surface area (Å²) in [6.45, 7) is 0. The van der Waals surface area contributed by atoms with Gasteiger partial charge in [0.1, 0.15) is 17.2 Å². The van der Waals surface area contributed by atoms with Crippen LogP contribution in [-0.4, -0.2) is 53.6 Å². The van der Waals surface area contributed by atoms with Gasteiger partial charge in [-0.3, -0.25) is 18.7 Å². The number of benzene rings is 4. The van der Waals surface area contributed by atoms with E-state index in [0.29, 0.717) is 34.2 Å². The zero-order valence-electron chi connectivity index (χ0n) is 26.9. The number of hydrogen-bond acceptors (Lipinski definition) is 8. The van der Waals surface area contributed by atoms with Crippen LogP contribution in [0.4, 0.5) is 0 Å². The quantitative estimate of drug-likeness (QED) is 0.178. The molecule has 0 aliphatic heterocycles. The van der Waals surface area contributed by atoms with Gasteiger partial charge in [-0.15, -0.1) is 0 Å². The Bertz CT molecular complexity index is 2530. The Labute approximate surface area is 290 Å². The van der Waals surface area contributed by atoms with Crippen molar-refractivity contribution in [2.45, 2.75) is 0 Å². The molecule has 0 saturated carbocycles. The van der Waals surface area contributed by atoms with Gasteiger partial charge in [0.05, 0.1) is 5.69 Å². The molecule has 0 radical (unpaired) electrons. The average Bonchev–Trinajstić information content (AvgIpc) is 3.91. The van der Waals surface area contributed by atoms with Crippen LogP contribution in [-0.2, 0) is 0 Å². The van der Waals surface area contributed by atoms with Crippen LogP contribution in [0.3, 0.4) is 0 Å². The summed E-state index contributed by atoms with van der Waals surface area (Å²) in [5, 5.41) is 0. The first-order chi connectivity index (χ1) is 25.3. The van der Waals surface area contributed by atoms with E-state index < -0.39 is 0 Å². The predicted molar refractivity (Wildman–Crippen MR) is 196 cm³/mol. The van der Waals surface area contributed by atoms with E-state index in [2.05, 4.69) is 50.9 Å². The Hall–Kier alpha value is -7.40. The van der Waals surface area contributed by atoms with Gasteiger partial charge in [-0.1, -0.05) is 54.6 Å². The number of aromatic nitrogens is 11. The minimum atomic E-state index is 0.542. The van der Waals surface area contributed by atoms with E-state index in [1.807, 2.05) is 88.0 Å². The van der Waals surface area contributed by atoms with Crippen molar-refractivity contribution in [1.29, 1.82) is 0 Å². The molecule has 10 aromatic rings. The van der Waals surface area contributed by atoms with Crippen LogP contribution in [0.25, 0.3) is 84.8 Å². The summed E-state index contributed by atoms with van der Waals surface area (Å²) in [6, 6.07) is 38.8. The Morgan fingerprint density at radius 3 is 1.27 bits per heavy atom. The molecular formula is C40H25N11. The highest BCUT2D eigenvalue weighted by molar-refractivity contribution is 5.88. The summed E-state index contributed by atoms with van der Waals surface area (Å²) in [5.41, 5.74) is 10.2. The third-order valence-electron chi connectivity index (χ3n) is 8.81. The maximum Gasteiger partial charge on any atom is 0.198 e. The van der Waals surface area contributed by atoms with Gasteiger partial charge in [-0.25, -0.2) is 34.9 Å². The molecule has 0 atom stereocenters. The van der Waals surface area contributed by atoms with Crippen molar-refractivity contribution in [3.05, 3.63) is 152 Å². The van der Waals surface area contributed by atoms with Gasteiger partial charge in [0, 0.05) is 70.9 Å². The molecule has 240 valence electrons. The Balaban J connectivity index is 1.31. The Kier molecular flexibility index (Phi) is 6.52. The highest BCUT2D eigenvalue weighted by Crippen LogP contribution is 2.38. The molecule has 0 aliphatic carbocycles. The third kappa shape index (κ3) is 4.75. The summed E-state index contributed by atoms with van der Waals surface area (Å²) in [7, 11) is 0. The van der Waals surface area contributed by atoms with Gasteiger partial charge in [0.15, 0.2) is 28.2 Å². The molecule has 10 rings (SSSR count). The Morgan fingerprint density at radius 2 is 0.765 bits per heavy atom. The maximum atomic E-state index is 5.08. The van der Waals surface area contributed by atoms with Gasteiger partial charge in [-0.05, 0) is 60.7 Å². The van der Waals surface area contributed by atoms with Gasteiger partial charge < -0.3 is 0 Å². The molecule has 0 bridgehead atoms. The number of rotatable bonds is 6. The molecule has 0 aliphatic rings. The summed E-state index contributed by atoms with van der Waals surface area (Å²) in [4.78, 5) is 38.2. The molecule has 11 heteroatoms. The van der Waals surface area contributed by atoms with E-state index >= 15 is 0 Å². The second-order valence-corrected chi connectivity index (χ2v) is 11.9. The second-order valence-electron chi connectivity index (χ2n) is 11.9. The molecule has 0 N–H and O–H groups in total. The third-order valence-corrected chi connectivity index (χ3v) is 8.81. The van der Waals surface area contributed by atoms with E-state index in [4.69, 9.17) is 29.9 Å². The fraction of sp³-hybridized carbons (Fsp3) is 0. The summed E-state index contributed by atoms with van der Waals surface area (Å²) < 4.78 is 6.23. The van der Waals surface area contributed by atoms with E-state index in [1.54, 1.807) is 37.2 Å². The molecule has 0 amide bonds. The lowest BCUT2D eigenvalue weighted by atomic mass is 10.0. The van der Waals surface area contributed by atoms with Crippen LogP contribution in [0, 0.1) is 0 Å². The van der Waals surface area contributed by atoms with Crippen LogP contribution in [0.1, 0.15) is 0 Å². The van der Waals surface area contributed by atoms with Gasteiger partial charge in [0.25, 0.3) is 0 Å². The molecule has 51 heavy (non-hydrogen) atoms. The summed E-state index contributed by atoms with van der Waals surface area (Å²) in [5.74, 6) is 1.37. The van der Waals surface area contributed by atoms with Crippen molar-refractivity contribution in [3.63, 3.8) is 0 Å². The molecule has 11 nitrogen and oxygen atoms in total. The van der Waals surface area contributed by atoms with Gasteiger partial charge in [-0.2, -0.15) is 0 Å². The van der Waals surface area contributed by atoms with Crippen molar-refractivity contribution in [1.82, 2.24) is 53.6 Å². The van der Waals surface area contributed by atoms with E-state index in [-0.39, 0.29) is 0 Å². The highest BCUT2D eigenvalue weighted by Gasteiger charge is 2.23. The lowest BCUT2D eigenvalue weighted by Gasteiger charge is -2.15. The molecule has 0 fully saturated rings. The zero-order chi connectivity index (χ0) is 33.7. The number of hydrogen-bond donors (Lipinski definition) is 0. The number of fused-ring (bicyclic) bond motifs is 3. The van der Waals surface area contributed by atoms with Crippen LogP contribution in [0.15, 0.2) is 152 Å². The first-order valence-corrected chi connectivity index (χ1v) is 16.3. The summed E-state index contributed by atoms with van der Waals surface area (Å²) in [6.07, 6.45) is 10.1. The maximum absolute atomic E-state index is 5.08. The monoisotopic (exact) mass is 659 g/mol. The van der Waals surface area contributed by atoms with Gasteiger partial charge in [0.2, 0.25) is 0 Å². The average molecular weight is 660 g/mol. The van der Waals surface area contributed by atoms with Crippen LogP contribution in [0.2, 0.25) is 0 Å². The SMILES string of the molecule is c1ccc(-n2c(-c3cc(-c4nc5nccnc5n4-c4ccccc4)cc(-c4nc5nccnc5n4-c4ccccc4)c3)cc3nccnc32)cc1. The largest absolute Gasteiger partial charge is 0.293 e. The predicted octanol–water partition coefficient (Wildman–Crippen LogP) is 7.68. The molecular weight excluding hydrogens is 635 g/mol. The molecule has 6 aromatic heterocycles.